The number of phenolic OH excluding ortho intramolecular Hbond substituents is 1. The van der Waals surface area contributed by atoms with Gasteiger partial charge in [0.1, 0.15) is 5.75 Å². The Balaban J connectivity index is 1.77. The van der Waals surface area contributed by atoms with Crippen molar-refractivity contribution in [3.63, 3.8) is 0 Å². The summed E-state index contributed by atoms with van der Waals surface area (Å²) in [6.07, 6.45) is 0. The highest BCUT2D eigenvalue weighted by molar-refractivity contribution is 5.94. The van der Waals surface area contributed by atoms with Crippen LogP contribution in [0.1, 0.15) is 10.4 Å². The molecule has 2 aromatic rings. The second-order valence-corrected chi connectivity index (χ2v) is 5.17. The quantitative estimate of drug-likeness (QED) is 0.887. The van der Waals surface area contributed by atoms with Gasteiger partial charge in [0, 0.05) is 31.7 Å². The Morgan fingerprint density at radius 1 is 0.905 bits per heavy atom. The molecule has 21 heavy (non-hydrogen) atoms. The lowest BCUT2D eigenvalue weighted by molar-refractivity contribution is 0.0736. The van der Waals surface area contributed by atoms with Gasteiger partial charge in [-0.05, 0) is 35.4 Å². The molecule has 1 heterocycles. The number of hydrogen-bond donors (Lipinski definition) is 2. The molecule has 1 saturated heterocycles. The Bertz CT molecular complexity index is 614. The fourth-order valence-electron chi connectivity index (χ4n) is 2.51. The van der Waals surface area contributed by atoms with E-state index in [1.165, 1.54) is 0 Å². The summed E-state index contributed by atoms with van der Waals surface area (Å²) in [6.45, 7) is 3.24. The Labute approximate surface area is 124 Å². The fourth-order valence-corrected chi connectivity index (χ4v) is 2.51. The molecular weight excluding hydrogens is 264 g/mol. The monoisotopic (exact) mass is 282 g/mol. The van der Waals surface area contributed by atoms with Crippen LogP contribution in [-0.2, 0) is 0 Å². The molecule has 2 N–H and O–H groups in total. The molecule has 4 heteroatoms. The number of carbonyl (C=O) groups excluding carboxylic acids is 1. The molecule has 0 aliphatic carbocycles. The highest BCUT2D eigenvalue weighted by Gasteiger charge is 2.17. The van der Waals surface area contributed by atoms with E-state index in [1.54, 1.807) is 12.1 Å². The van der Waals surface area contributed by atoms with Crippen molar-refractivity contribution in [2.45, 2.75) is 0 Å². The highest BCUT2D eigenvalue weighted by atomic mass is 16.3. The zero-order valence-electron chi connectivity index (χ0n) is 11.7. The number of carbonyl (C=O) groups is 1. The summed E-state index contributed by atoms with van der Waals surface area (Å²) in [4.78, 5) is 14.2. The molecule has 1 amide bonds. The zero-order valence-corrected chi connectivity index (χ0v) is 11.7. The molecule has 2 aromatic carbocycles. The third-order valence-corrected chi connectivity index (χ3v) is 3.74. The smallest absolute Gasteiger partial charge is 0.253 e. The maximum atomic E-state index is 12.4. The third-order valence-electron chi connectivity index (χ3n) is 3.74. The molecule has 0 atom stereocenters. The molecule has 1 aliphatic heterocycles. The minimum Gasteiger partial charge on any atom is -0.508 e. The van der Waals surface area contributed by atoms with Gasteiger partial charge >= 0.3 is 0 Å². The van der Waals surface area contributed by atoms with Gasteiger partial charge in [-0.1, -0.05) is 24.3 Å². The van der Waals surface area contributed by atoms with E-state index in [0.29, 0.717) is 0 Å². The number of hydrogen-bond acceptors (Lipinski definition) is 3. The van der Waals surface area contributed by atoms with E-state index in [-0.39, 0.29) is 11.7 Å². The van der Waals surface area contributed by atoms with Crippen LogP contribution in [0.3, 0.4) is 0 Å². The van der Waals surface area contributed by atoms with E-state index in [4.69, 9.17) is 0 Å². The number of aromatic hydroxyl groups is 1. The van der Waals surface area contributed by atoms with Crippen molar-refractivity contribution in [2.75, 3.05) is 26.2 Å². The molecular formula is C17H18N2O2. The van der Waals surface area contributed by atoms with Crippen LogP contribution < -0.4 is 5.32 Å². The van der Waals surface area contributed by atoms with Crippen LogP contribution in [0.5, 0.6) is 5.75 Å². The SMILES string of the molecule is O=C(c1ccc(-c2ccc(O)cc2)cc1)N1CCNCC1. The Hall–Kier alpha value is -2.33. The molecule has 3 rings (SSSR count). The number of amides is 1. The highest BCUT2D eigenvalue weighted by Crippen LogP contribution is 2.22. The summed E-state index contributed by atoms with van der Waals surface area (Å²) >= 11 is 0. The Kier molecular flexibility index (Phi) is 3.88. The number of rotatable bonds is 2. The largest absolute Gasteiger partial charge is 0.508 e. The van der Waals surface area contributed by atoms with Crippen LogP contribution in [0.4, 0.5) is 0 Å². The second kappa shape index (κ2) is 5.97. The van der Waals surface area contributed by atoms with E-state index in [1.807, 2.05) is 41.3 Å². The van der Waals surface area contributed by atoms with Gasteiger partial charge < -0.3 is 15.3 Å². The average molecular weight is 282 g/mol. The van der Waals surface area contributed by atoms with Crippen LogP contribution in [-0.4, -0.2) is 42.1 Å². The Morgan fingerprint density at radius 2 is 1.43 bits per heavy atom. The van der Waals surface area contributed by atoms with E-state index in [9.17, 15) is 9.90 Å². The first-order valence-electron chi connectivity index (χ1n) is 7.13. The normalized spacial score (nSPS) is 15.0. The van der Waals surface area contributed by atoms with Gasteiger partial charge in [-0.15, -0.1) is 0 Å². The lowest BCUT2D eigenvalue weighted by Gasteiger charge is -2.27. The predicted octanol–water partition coefficient (Wildman–Crippen LogP) is 2.10. The summed E-state index contributed by atoms with van der Waals surface area (Å²) in [5, 5.41) is 12.6. The van der Waals surface area contributed by atoms with Gasteiger partial charge in [0.15, 0.2) is 0 Å². The summed E-state index contributed by atoms with van der Waals surface area (Å²) in [6, 6.07) is 14.7. The van der Waals surface area contributed by atoms with Gasteiger partial charge in [0.2, 0.25) is 0 Å². The van der Waals surface area contributed by atoms with Crippen molar-refractivity contribution in [1.29, 1.82) is 0 Å². The van der Waals surface area contributed by atoms with E-state index < -0.39 is 0 Å². The first kappa shape index (κ1) is 13.6. The lowest BCUT2D eigenvalue weighted by atomic mass is 10.0. The lowest BCUT2D eigenvalue weighted by Crippen LogP contribution is -2.46. The third kappa shape index (κ3) is 3.06. The predicted molar refractivity (Wildman–Crippen MR) is 82.3 cm³/mol. The summed E-state index contributed by atoms with van der Waals surface area (Å²) < 4.78 is 0. The summed E-state index contributed by atoms with van der Waals surface area (Å²) in [5.41, 5.74) is 2.78. The first-order valence-corrected chi connectivity index (χ1v) is 7.13. The fraction of sp³-hybridized carbons (Fsp3) is 0.235. The number of piperazine rings is 1. The molecule has 0 aromatic heterocycles. The van der Waals surface area contributed by atoms with Crippen molar-refractivity contribution < 1.29 is 9.90 Å². The van der Waals surface area contributed by atoms with Crippen LogP contribution in [0.2, 0.25) is 0 Å². The minimum atomic E-state index is 0.0914. The topological polar surface area (TPSA) is 52.6 Å². The van der Waals surface area contributed by atoms with Gasteiger partial charge in [0.25, 0.3) is 5.91 Å². The number of nitrogens with zero attached hydrogens (tertiary/aromatic N) is 1. The van der Waals surface area contributed by atoms with Crippen LogP contribution in [0, 0.1) is 0 Å². The van der Waals surface area contributed by atoms with Gasteiger partial charge in [0.05, 0.1) is 0 Å². The second-order valence-electron chi connectivity index (χ2n) is 5.17. The number of phenols is 1. The standard InChI is InChI=1S/C17H18N2O2/c20-16-7-5-14(6-8-16)13-1-3-15(4-2-13)17(21)19-11-9-18-10-12-19/h1-8,18,20H,9-12H2. The zero-order chi connectivity index (χ0) is 14.7. The maximum Gasteiger partial charge on any atom is 0.253 e. The van der Waals surface area contributed by atoms with Gasteiger partial charge in [-0.25, -0.2) is 0 Å². The molecule has 0 unspecified atom stereocenters. The van der Waals surface area contributed by atoms with Crippen LogP contribution in [0.25, 0.3) is 11.1 Å². The molecule has 0 radical (unpaired) electrons. The van der Waals surface area contributed by atoms with Gasteiger partial charge in [-0.3, -0.25) is 4.79 Å². The Morgan fingerprint density at radius 3 is 2.00 bits per heavy atom. The molecule has 1 aliphatic rings. The molecule has 4 nitrogen and oxygen atoms in total. The van der Waals surface area contributed by atoms with Crippen LogP contribution >= 0.6 is 0 Å². The molecule has 0 bridgehead atoms. The minimum absolute atomic E-state index is 0.0914. The van der Waals surface area contributed by atoms with Crippen molar-refractivity contribution in [2.24, 2.45) is 0 Å². The van der Waals surface area contributed by atoms with Crippen LogP contribution in [0.15, 0.2) is 48.5 Å². The number of benzene rings is 2. The van der Waals surface area contributed by atoms with E-state index in [2.05, 4.69) is 5.32 Å². The number of nitrogens with one attached hydrogen (secondary N) is 1. The first-order chi connectivity index (χ1) is 10.2. The van der Waals surface area contributed by atoms with Crippen molar-refractivity contribution >= 4 is 5.91 Å². The summed E-state index contributed by atoms with van der Waals surface area (Å²) in [7, 11) is 0. The molecule has 108 valence electrons. The van der Waals surface area contributed by atoms with Crippen molar-refractivity contribution in [1.82, 2.24) is 10.2 Å². The molecule has 0 saturated carbocycles. The van der Waals surface area contributed by atoms with E-state index in [0.717, 1.165) is 42.9 Å². The average Bonchev–Trinajstić information content (AvgIpc) is 2.56. The molecule has 0 spiro atoms. The summed E-state index contributed by atoms with van der Waals surface area (Å²) in [5.74, 6) is 0.345. The van der Waals surface area contributed by atoms with Crippen molar-refractivity contribution in [3.8, 4) is 16.9 Å². The van der Waals surface area contributed by atoms with E-state index >= 15 is 0 Å². The molecule has 1 fully saturated rings. The maximum absolute atomic E-state index is 12.4. The van der Waals surface area contributed by atoms with Gasteiger partial charge in [-0.2, -0.15) is 0 Å². The van der Waals surface area contributed by atoms with Crippen molar-refractivity contribution in [3.05, 3.63) is 54.1 Å².